The number of carbonyl (C=O) groups is 1. The van der Waals surface area contributed by atoms with Crippen molar-refractivity contribution in [2.24, 2.45) is 0 Å². The molecule has 0 saturated carbocycles. The van der Waals surface area contributed by atoms with Crippen LogP contribution < -0.4 is 15.6 Å². The lowest BCUT2D eigenvalue weighted by molar-refractivity contribution is 0.0920. The van der Waals surface area contributed by atoms with Gasteiger partial charge in [0, 0.05) is 11.6 Å². The zero-order chi connectivity index (χ0) is 18.8. The number of rotatable bonds is 5. The van der Waals surface area contributed by atoms with E-state index in [2.05, 4.69) is 20.4 Å². The van der Waals surface area contributed by atoms with Crippen LogP contribution in [0.25, 0.3) is 22.4 Å². The van der Waals surface area contributed by atoms with Crippen molar-refractivity contribution in [3.05, 3.63) is 64.6 Å². The van der Waals surface area contributed by atoms with E-state index in [1.165, 1.54) is 13.3 Å². The predicted molar refractivity (Wildman–Crippen MR) is 94.3 cm³/mol. The van der Waals surface area contributed by atoms with Crippen LogP contribution in [0.4, 0.5) is 0 Å². The van der Waals surface area contributed by atoms with Gasteiger partial charge in [0.05, 0.1) is 19.2 Å². The highest BCUT2D eigenvalue weighted by Gasteiger charge is 2.16. The minimum Gasteiger partial charge on any atom is -0.493 e. The van der Waals surface area contributed by atoms with E-state index in [4.69, 9.17) is 13.7 Å². The van der Waals surface area contributed by atoms with Crippen LogP contribution in [0, 0.1) is 0 Å². The average molecular weight is 366 g/mol. The number of benzene rings is 1. The van der Waals surface area contributed by atoms with E-state index in [0.717, 1.165) is 5.39 Å². The van der Waals surface area contributed by atoms with Gasteiger partial charge < -0.3 is 24.0 Å². The fourth-order valence-electron chi connectivity index (χ4n) is 2.59. The Morgan fingerprint density at radius 1 is 1.30 bits per heavy atom. The molecule has 136 valence electrons. The van der Waals surface area contributed by atoms with Crippen LogP contribution in [0.1, 0.15) is 16.4 Å². The minimum absolute atomic E-state index is 0.00917. The maximum atomic E-state index is 12.3. The van der Waals surface area contributed by atoms with E-state index in [0.29, 0.717) is 11.3 Å². The van der Waals surface area contributed by atoms with Gasteiger partial charge in [-0.2, -0.15) is 4.98 Å². The molecule has 9 heteroatoms. The summed E-state index contributed by atoms with van der Waals surface area (Å²) < 4.78 is 15.9. The Labute approximate surface area is 152 Å². The number of aromatic nitrogens is 3. The zero-order valence-electron chi connectivity index (χ0n) is 14.2. The first-order valence-corrected chi connectivity index (χ1v) is 8.01. The Morgan fingerprint density at radius 2 is 2.19 bits per heavy atom. The second-order valence-corrected chi connectivity index (χ2v) is 5.60. The van der Waals surface area contributed by atoms with Gasteiger partial charge >= 0.3 is 0 Å². The summed E-state index contributed by atoms with van der Waals surface area (Å²) in [5, 5.41) is 7.15. The van der Waals surface area contributed by atoms with Gasteiger partial charge in [-0.3, -0.25) is 9.59 Å². The average Bonchev–Trinajstić information content (AvgIpc) is 3.33. The molecule has 0 spiro atoms. The maximum Gasteiger partial charge on any atom is 0.287 e. The molecule has 4 rings (SSSR count). The summed E-state index contributed by atoms with van der Waals surface area (Å²) in [5.74, 6) is 0.547. The lowest BCUT2D eigenvalue weighted by atomic mass is 10.2. The number of amides is 1. The lowest BCUT2D eigenvalue weighted by Gasteiger charge is -1.99. The third-order valence-corrected chi connectivity index (χ3v) is 3.88. The number of ether oxygens (including phenoxy) is 1. The summed E-state index contributed by atoms with van der Waals surface area (Å²) >= 11 is 0. The molecule has 9 nitrogen and oxygen atoms in total. The van der Waals surface area contributed by atoms with E-state index in [1.54, 1.807) is 24.3 Å². The zero-order valence-corrected chi connectivity index (χ0v) is 14.2. The summed E-state index contributed by atoms with van der Waals surface area (Å²) in [6.45, 7) is -0.00917. The summed E-state index contributed by atoms with van der Waals surface area (Å²) in [7, 11) is 1.53. The number of nitrogens with one attached hydrogen (secondary N) is 2. The number of pyridine rings is 1. The highest BCUT2D eigenvalue weighted by atomic mass is 16.5. The smallest absolute Gasteiger partial charge is 0.287 e. The number of para-hydroxylation sites is 1. The van der Waals surface area contributed by atoms with E-state index in [1.807, 2.05) is 12.1 Å². The first-order valence-electron chi connectivity index (χ1n) is 8.01. The number of carbonyl (C=O) groups excluding carboxylic acids is 1. The highest BCUT2D eigenvalue weighted by Crippen LogP contribution is 2.28. The Morgan fingerprint density at radius 3 is 3.00 bits per heavy atom. The fraction of sp³-hybridized carbons (Fsp3) is 0.111. The van der Waals surface area contributed by atoms with Crippen molar-refractivity contribution in [1.82, 2.24) is 20.4 Å². The number of furan rings is 1. The molecule has 27 heavy (non-hydrogen) atoms. The largest absolute Gasteiger partial charge is 0.493 e. The molecule has 0 saturated heterocycles. The topological polar surface area (TPSA) is 123 Å². The second-order valence-electron chi connectivity index (χ2n) is 5.60. The van der Waals surface area contributed by atoms with Gasteiger partial charge in [-0.25, -0.2) is 0 Å². The second kappa shape index (κ2) is 6.79. The Kier molecular flexibility index (Phi) is 4.17. The summed E-state index contributed by atoms with van der Waals surface area (Å²) in [5.41, 5.74) is 0.446. The monoisotopic (exact) mass is 366 g/mol. The molecule has 1 aromatic carbocycles. The first kappa shape index (κ1) is 16.6. The SMILES string of the molecule is COc1cccc2cc(C(=O)NCc3nc(-c4ccc[nH]c4=O)no3)oc12. The van der Waals surface area contributed by atoms with Gasteiger partial charge in [0.1, 0.15) is 0 Å². The summed E-state index contributed by atoms with van der Waals surface area (Å²) in [4.78, 5) is 30.7. The Hall–Kier alpha value is -3.88. The van der Waals surface area contributed by atoms with E-state index in [-0.39, 0.29) is 35.1 Å². The molecule has 0 fully saturated rings. The van der Waals surface area contributed by atoms with Crippen LogP contribution in [0.3, 0.4) is 0 Å². The molecule has 4 aromatic rings. The van der Waals surface area contributed by atoms with Crippen LogP contribution in [0.2, 0.25) is 0 Å². The molecular weight excluding hydrogens is 352 g/mol. The van der Waals surface area contributed by atoms with E-state index >= 15 is 0 Å². The molecule has 3 aromatic heterocycles. The van der Waals surface area contributed by atoms with Crippen LogP contribution in [-0.2, 0) is 6.54 Å². The highest BCUT2D eigenvalue weighted by molar-refractivity contribution is 5.97. The van der Waals surface area contributed by atoms with Crippen LogP contribution in [0.15, 0.2) is 56.3 Å². The van der Waals surface area contributed by atoms with E-state index < -0.39 is 5.91 Å². The molecule has 0 atom stereocenters. The molecule has 0 aliphatic carbocycles. The van der Waals surface area contributed by atoms with Crippen molar-refractivity contribution in [3.63, 3.8) is 0 Å². The number of methoxy groups -OCH3 is 1. The van der Waals surface area contributed by atoms with Crippen LogP contribution in [-0.4, -0.2) is 28.1 Å². The van der Waals surface area contributed by atoms with Gasteiger partial charge in [-0.1, -0.05) is 17.3 Å². The maximum absolute atomic E-state index is 12.3. The van der Waals surface area contributed by atoms with E-state index in [9.17, 15) is 9.59 Å². The minimum atomic E-state index is -0.439. The molecule has 0 bridgehead atoms. The molecule has 1 amide bonds. The van der Waals surface area contributed by atoms with Crippen LogP contribution in [0.5, 0.6) is 5.75 Å². The molecule has 0 aliphatic heterocycles. The standard InChI is InChI=1S/C18H14N4O5/c1-25-12-6-2-4-10-8-13(26-15(10)12)18(24)20-9-14-21-16(22-27-14)11-5-3-7-19-17(11)23/h2-8H,9H2,1H3,(H,19,23)(H,20,24). The number of hydrogen-bond acceptors (Lipinski definition) is 7. The van der Waals surface area contributed by atoms with Gasteiger partial charge in [-0.15, -0.1) is 0 Å². The Bertz CT molecular complexity index is 1170. The third-order valence-electron chi connectivity index (χ3n) is 3.88. The number of hydrogen-bond donors (Lipinski definition) is 2. The number of nitrogens with zero attached hydrogens (tertiary/aromatic N) is 2. The van der Waals surface area contributed by atoms with Crippen molar-refractivity contribution in [3.8, 4) is 17.1 Å². The normalized spacial score (nSPS) is 10.9. The van der Waals surface area contributed by atoms with Crippen molar-refractivity contribution in [2.75, 3.05) is 7.11 Å². The number of H-pyrrole nitrogens is 1. The van der Waals surface area contributed by atoms with Gasteiger partial charge in [-0.05, 0) is 24.3 Å². The van der Waals surface area contributed by atoms with Crippen molar-refractivity contribution >= 4 is 16.9 Å². The summed E-state index contributed by atoms with van der Waals surface area (Å²) in [6, 6.07) is 10.2. The summed E-state index contributed by atoms with van der Waals surface area (Å²) in [6.07, 6.45) is 1.51. The number of aromatic amines is 1. The molecule has 0 radical (unpaired) electrons. The molecule has 3 heterocycles. The number of fused-ring (bicyclic) bond motifs is 1. The lowest BCUT2D eigenvalue weighted by Crippen LogP contribution is -2.22. The quantitative estimate of drug-likeness (QED) is 0.554. The molecule has 0 unspecified atom stereocenters. The van der Waals surface area contributed by atoms with Crippen molar-refractivity contribution in [1.29, 1.82) is 0 Å². The Balaban J connectivity index is 1.49. The van der Waals surface area contributed by atoms with Crippen LogP contribution >= 0.6 is 0 Å². The molecule has 2 N–H and O–H groups in total. The van der Waals surface area contributed by atoms with Gasteiger partial charge in [0.25, 0.3) is 11.5 Å². The molecule has 0 aliphatic rings. The fourth-order valence-corrected chi connectivity index (χ4v) is 2.59. The first-order chi connectivity index (χ1) is 13.2. The van der Waals surface area contributed by atoms with Gasteiger partial charge in [0.15, 0.2) is 17.1 Å². The third kappa shape index (κ3) is 3.17. The molecular formula is C18H14N4O5. The van der Waals surface area contributed by atoms with Gasteiger partial charge in [0.2, 0.25) is 11.7 Å². The van der Waals surface area contributed by atoms with Crippen molar-refractivity contribution in [2.45, 2.75) is 6.54 Å². The van der Waals surface area contributed by atoms with Crippen molar-refractivity contribution < 1.29 is 18.5 Å². The predicted octanol–water partition coefficient (Wildman–Crippen LogP) is 2.11.